The van der Waals surface area contributed by atoms with E-state index in [1.807, 2.05) is 0 Å². The Labute approximate surface area is 48.5 Å². The summed E-state index contributed by atoms with van der Waals surface area (Å²) in [4.78, 5) is 0.627. The molecule has 0 radical (unpaired) electrons. The number of allylic oxidation sites excluding steroid dienone is 1. The van der Waals surface area contributed by atoms with Gasteiger partial charge in [0.05, 0.1) is 0 Å². The van der Waals surface area contributed by atoms with Crippen molar-refractivity contribution in [3.8, 4) is 0 Å². The largest absolute Gasteiger partial charge is 0.393 e. The lowest BCUT2D eigenvalue weighted by atomic mass is 10.6. The maximum absolute atomic E-state index is 6.60. The predicted molar refractivity (Wildman–Crippen MR) is 34.9 cm³/mol. The number of rotatable bonds is 2. The van der Waals surface area contributed by atoms with Gasteiger partial charge in [-0.15, -0.1) is 12.6 Å². The average molecular weight is 116 g/mol. The van der Waals surface area contributed by atoms with Crippen molar-refractivity contribution < 1.29 is 0 Å². The van der Waals surface area contributed by atoms with Gasteiger partial charge < -0.3 is 10.7 Å². The molecule has 0 atom stereocenters. The second kappa shape index (κ2) is 3.74. The highest BCUT2D eigenvalue weighted by atomic mass is 32.1. The van der Waals surface area contributed by atoms with Gasteiger partial charge in [-0.1, -0.05) is 0 Å². The van der Waals surface area contributed by atoms with Crippen LogP contribution in [0.3, 0.4) is 0 Å². The van der Waals surface area contributed by atoms with Gasteiger partial charge in [0.1, 0.15) is 0 Å². The second-order valence-electron chi connectivity index (χ2n) is 1.00. The first-order valence-electron chi connectivity index (χ1n) is 1.88. The molecule has 0 saturated heterocycles. The second-order valence-corrected chi connectivity index (χ2v) is 1.52. The first kappa shape index (κ1) is 6.56. The van der Waals surface area contributed by atoms with Gasteiger partial charge in [-0.2, -0.15) is 0 Å². The fourth-order valence-corrected chi connectivity index (χ4v) is 0.319. The van der Waals surface area contributed by atoms with E-state index in [1.54, 1.807) is 13.2 Å². The van der Waals surface area contributed by atoms with E-state index >= 15 is 0 Å². The van der Waals surface area contributed by atoms with Gasteiger partial charge in [0.2, 0.25) is 0 Å². The summed E-state index contributed by atoms with van der Waals surface area (Å²) in [6, 6.07) is 0. The predicted octanol–water partition coefficient (Wildman–Crippen LogP) is 0.627. The van der Waals surface area contributed by atoms with Gasteiger partial charge in [0.15, 0.2) is 0 Å². The van der Waals surface area contributed by atoms with E-state index < -0.39 is 0 Å². The molecule has 0 spiro atoms. The average Bonchev–Trinajstić information content (AvgIpc) is 1.68. The minimum absolute atomic E-state index is 0.627. The van der Waals surface area contributed by atoms with Crippen LogP contribution in [0.4, 0.5) is 0 Å². The standard InChI is InChI=1S/C4H8N2S/c1-6-3-4(7)2-5/h2-3,5-7H,1H3/b4-3+,5-2?. The molecule has 0 unspecified atom stereocenters. The van der Waals surface area contributed by atoms with E-state index in [0.29, 0.717) is 4.91 Å². The van der Waals surface area contributed by atoms with E-state index in [9.17, 15) is 0 Å². The number of thiol groups is 1. The fourth-order valence-electron chi connectivity index (χ4n) is 0.190. The monoisotopic (exact) mass is 116 g/mol. The quantitative estimate of drug-likeness (QED) is 0.359. The Hall–Kier alpha value is -0.440. The fraction of sp³-hybridized carbons (Fsp3) is 0.250. The van der Waals surface area contributed by atoms with Crippen LogP contribution in [-0.4, -0.2) is 13.3 Å². The van der Waals surface area contributed by atoms with Gasteiger partial charge in [-0.25, -0.2) is 0 Å². The van der Waals surface area contributed by atoms with Crippen LogP contribution >= 0.6 is 12.6 Å². The molecule has 0 heterocycles. The lowest BCUT2D eigenvalue weighted by Crippen LogP contribution is -1.93. The molecule has 0 fully saturated rings. The van der Waals surface area contributed by atoms with Crippen LogP contribution in [0, 0.1) is 5.41 Å². The number of hydrogen-bond acceptors (Lipinski definition) is 3. The zero-order chi connectivity index (χ0) is 5.70. The first-order chi connectivity index (χ1) is 3.31. The third kappa shape index (κ3) is 3.39. The molecule has 3 heteroatoms. The number of hydrogen-bond donors (Lipinski definition) is 3. The summed E-state index contributed by atoms with van der Waals surface area (Å²) in [6.07, 6.45) is 2.80. The highest BCUT2D eigenvalue weighted by Crippen LogP contribution is 1.89. The minimum Gasteiger partial charge on any atom is -0.393 e. The molecule has 0 bridgehead atoms. The van der Waals surface area contributed by atoms with E-state index in [1.165, 1.54) is 6.21 Å². The molecule has 2 N–H and O–H groups in total. The Morgan fingerprint density at radius 1 is 1.86 bits per heavy atom. The van der Waals surface area contributed by atoms with Gasteiger partial charge in [-0.05, 0) is 0 Å². The van der Waals surface area contributed by atoms with Crippen molar-refractivity contribution in [2.75, 3.05) is 7.05 Å². The summed E-state index contributed by atoms with van der Waals surface area (Å²) in [6.45, 7) is 0. The zero-order valence-electron chi connectivity index (χ0n) is 4.10. The van der Waals surface area contributed by atoms with Crippen molar-refractivity contribution in [2.24, 2.45) is 0 Å². The Morgan fingerprint density at radius 2 is 2.43 bits per heavy atom. The first-order valence-corrected chi connectivity index (χ1v) is 2.33. The third-order valence-electron chi connectivity index (χ3n) is 0.440. The number of nitrogens with one attached hydrogen (secondary N) is 2. The van der Waals surface area contributed by atoms with Crippen LogP contribution in [0.15, 0.2) is 11.1 Å². The van der Waals surface area contributed by atoms with Crippen LogP contribution in [-0.2, 0) is 0 Å². The summed E-state index contributed by atoms with van der Waals surface area (Å²) in [5, 5.41) is 9.33. The molecular formula is C4H8N2S. The van der Waals surface area contributed by atoms with E-state index in [0.717, 1.165) is 0 Å². The maximum Gasteiger partial charge on any atom is 0.0374 e. The van der Waals surface area contributed by atoms with Crippen molar-refractivity contribution in [1.82, 2.24) is 5.32 Å². The van der Waals surface area contributed by atoms with Gasteiger partial charge in [0, 0.05) is 24.4 Å². The Balaban J connectivity index is 3.49. The van der Waals surface area contributed by atoms with Crippen LogP contribution in [0.25, 0.3) is 0 Å². The van der Waals surface area contributed by atoms with E-state index in [4.69, 9.17) is 5.41 Å². The van der Waals surface area contributed by atoms with Crippen LogP contribution in [0.1, 0.15) is 0 Å². The smallest absolute Gasteiger partial charge is 0.0374 e. The Morgan fingerprint density at radius 3 is 2.57 bits per heavy atom. The van der Waals surface area contributed by atoms with Gasteiger partial charge in [-0.3, -0.25) is 0 Å². The van der Waals surface area contributed by atoms with Crippen molar-refractivity contribution in [2.45, 2.75) is 0 Å². The topological polar surface area (TPSA) is 35.9 Å². The lowest BCUT2D eigenvalue weighted by molar-refractivity contribution is 1.10. The van der Waals surface area contributed by atoms with Crippen molar-refractivity contribution in [3.63, 3.8) is 0 Å². The molecule has 0 aromatic carbocycles. The molecule has 0 aliphatic rings. The summed E-state index contributed by atoms with van der Waals surface area (Å²) in [5.41, 5.74) is 0. The molecule has 0 aliphatic heterocycles. The van der Waals surface area contributed by atoms with Crippen molar-refractivity contribution >= 4 is 18.8 Å². The molecule has 40 valence electrons. The lowest BCUT2D eigenvalue weighted by Gasteiger charge is -1.85. The van der Waals surface area contributed by atoms with Gasteiger partial charge >= 0.3 is 0 Å². The summed E-state index contributed by atoms with van der Waals surface area (Å²) >= 11 is 3.87. The van der Waals surface area contributed by atoms with Crippen LogP contribution in [0.2, 0.25) is 0 Å². The Bertz CT molecular complexity index is 87.7. The zero-order valence-corrected chi connectivity index (χ0v) is 5.00. The molecule has 0 aromatic heterocycles. The molecule has 2 nitrogen and oxygen atoms in total. The maximum atomic E-state index is 6.60. The highest BCUT2D eigenvalue weighted by Gasteiger charge is 1.73. The van der Waals surface area contributed by atoms with E-state index in [-0.39, 0.29) is 0 Å². The summed E-state index contributed by atoms with van der Waals surface area (Å²) in [5.74, 6) is 0. The summed E-state index contributed by atoms with van der Waals surface area (Å²) < 4.78 is 0. The summed E-state index contributed by atoms with van der Waals surface area (Å²) in [7, 11) is 1.76. The van der Waals surface area contributed by atoms with Crippen LogP contribution in [0.5, 0.6) is 0 Å². The SMILES string of the molecule is CN/C=C(/S)C=N. The van der Waals surface area contributed by atoms with Gasteiger partial charge in [0.25, 0.3) is 0 Å². The molecular weight excluding hydrogens is 108 g/mol. The normalized spacial score (nSPS) is 10.9. The minimum atomic E-state index is 0.627. The van der Waals surface area contributed by atoms with Crippen molar-refractivity contribution in [3.05, 3.63) is 11.1 Å². The molecule has 7 heavy (non-hydrogen) atoms. The van der Waals surface area contributed by atoms with Crippen molar-refractivity contribution in [1.29, 1.82) is 5.41 Å². The third-order valence-corrected chi connectivity index (χ3v) is 0.698. The molecule has 0 amide bonds. The molecule has 0 aliphatic carbocycles. The molecule has 0 saturated carbocycles. The highest BCUT2D eigenvalue weighted by molar-refractivity contribution is 7.85. The molecule has 0 rings (SSSR count). The van der Waals surface area contributed by atoms with Crippen LogP contribution < -0.4 is 5.32 Å². The Kier molecular flexibility index (Phi) is 3.50. The van der Waals surface area contributed by atoms with E-state index in [2.05, 4.69) is 17.9 Å². The molecule has 0 aromatic rings.